The lowest BCUT2D eigenvalue weighted by molar-refractivity contribution is -0.0539. The summed E-state index contributed by atoms with van der Waals surface area (Å²) in [5, 5.41) is 3.46. The number of methoxy groups -OCH3 is 1. The van der Waals surface area contributed by atoms with Gasteiger partial charge in [0.05, 0.1) is 12.8 Å². The molecule has 2 heterocycles. The van der Waals surface area contributed by atoms with Crippen molar-refractivity contribution in [2.75, 3.05) is 26.9 Å². The number of fused-ring (bicyclic) bond motifs is 1. The minimum Gasteiger partial charge on any atom is -0.461 e. The Morgan fingerprint density at radius 3 is 2.84 bits per heavy atom. The average Bonchev–Trinajstić information content (AvgIpc) is 2.77. The molecule has 0 amide bonds. The molecule has 1 N–H and O–H groups in total. The van der Waals surface area contributed by atoms with E-state index in [2.05, 4.69) is 10.1 Å². The molecule has 12 heteroatoms. The summed E-state index contributed by atoms with van der Waals surface area (Å²) in [5.41, 5.74) is -0.999. The van der Waals surface area contributed by atoms with Gasteiger partial charge in [0.2, 0.25) is 5.82 Å². The molecular formula is C19H23ClF2N3O5P. The lowest BCUT2D eigenvalue weighted by Crippen LogP contribution is -2.39. The van der Waals surface area contributed by atoms with E-state index in [1.165, 1.54) is 11.7 Å². The molecule has 0 bridgehead atoms. The maximum absolute atomic E-state index is 13.6. The van der Waals surface area contributed by atoms with Gasteiger partial charge in [-0.1, -0.05) is 18.5 Å². The van der Waals surface area contributed by atoms with Crippen LogP contribution in [0.4, 0.5) is 8.78 Å². The molecule has 4 atom stereocenters. The van der Waals surface area contributed by atoms with Gasteiger partial charge in [-0.25, -0.2) is 9.48 Å². The SMILES string of the molecule is COC1CC(C(C)COP(NCCF)Oc2ccc(Cl)cc2)Oc2nc(=O)c(F)cn21. The minimum atomic E-state index is -1.62. The van der Waals surface area contributed by atoms with Crippen molar-refractivity contribution < 1.29 is 27.3 Å². The van der Waals surface area contributed by atoms with Crippen LogP contribution in [0, 0.1) is 11.7 Å². The van der Waals surface area contributed by atoms with Crippen LogP contribution in [0.5, 0.6) is 11.8 Å². The van der Waals surface area contributed by atoms with Crippen LogP contribution in [-0.4, -0.2) is 42.6 Å². The third-order valence-electron chi connectivity index (χ3n) is 4.57. The molecule has 0 radical (unpaired) electrons. The van der Waals surface area contributed by atoms with Crippen molar-refractivity contribution in [2.45, 2.75) is 25.7 Å². The van der Waals surface area contributed by atoms with Crippen LogP contribution >= 0.6 is 20.1 Å². The summed E-state index contributed by atoms with van der Waals surface area (Å²) in [7, 11) is -0.143. The molecule has 1 aliphatic rings. The second-order valence-electron chi connectivity index (χ2n) is 6.84. The number of benzene rings is 1. The van der Waals surface area contributed by atoms with Crippen LogP contribution in [0.3, 0.4) is 0 Å². The quantitative estimate of drug-likeness (QED) is 0.520. The summed E-state index contributed by atoms with van der Waals surface area (Å²) in [5.74, 6) is -0.616. The zero-order chi connectivity index (χ0) is 22.4. The molecule has 0 spiro atoms. The van der Waals surface area contributed by atoms with Crippen LogP contribution in [0.1, 0.15) is 19.6 Å². The highest BCUT2D eigenvalue weighted by atomic mass is 35.5. The van der Waals surface area contributed by atoms with Crippen LogP contribution in [0.25, 0.3) is 0 Å². The Hall–Kier alpha value is -1.84. The third-order valence-corrected chi connectivity index (χ3v) is 6.07. The normalized spacial score (nSPS) is 19.9. The van der Waals surface area contributed by atoms with E-state index in [4.69, 9.17) is 30.1 Å². The van der Waals surface area contributed by atoms with Crippen LogP contribution in [-0.2, 0) is 9.26 Å². The van der Waals surface area contributed by atoms with Crippen molar-refractivity contribution in [3.05, 3.63) is 51.7 Å². The van der Waals surface area contributed by atoms with Gasteiger partial charge in [-0.15, -0.1) is 0 Å². The smallest absolute Gasteiger partial charge is 0.318 e. The Bertz CT molecular complexity index is 920. The largest absolute Gasteiger partial charge is 0.461 e. The molecule has 1 aromatic heterocycles. The number of ether oxygens (including phenoxy) is 2. The second-order valence-corrected chi connectivity index (χ2v) is 8.55. The summed E-state index contributed by atoms with van der Waals surface area (Å²) in [6.45, 7) is 1.60. The highest BCUT2D eigenvalue weighted by Crippen LogP contribution is 2.38. The third kappa shape index (κ3) is 6.33. The Balaban J connectivity index is 1.64. The highest BCUT2D eigenvalue weighted by Gasteiger charge is 2.33. The van der Waals surface area contributed by atoms with Gasteiger partial charge in [0.25, 0.3) is 0 Å². The maximum atomic E-state index is 13.6. The van der Waals surface area contributed by atoms with E-state index >= 15 is 0 Å². The first-order chi connectivity index (χ1) is 14.9. The van der Waals surface area contributed by atoms with Crippen molar-refractivity contribution in [2.24, 2.45) is 5.92 Å². The van der Waals surface area contributed by atoms with Gasteiger partial charge in [0, 0.05) is 31.0 Å². The summed E-state index contributed by atoms with van der Waals surface area (Å²) < 4.78 is 50.4. The van der Waals surface area contributed by atoms with E-state index in [0.29, 0.717) is 17.2 Å². The van der Waals surface area contributed by atoms with E-state index in [0.717, 1.165) is 6.20 Å². The van der Waals surface area contributed by atoms with Crippen LogP contribution in [0.2, 0.25) is 5.02 Å². The fourth-order valence-corrected chi connectivity index (χ4v) is 4.19. The summed E-state index contributed by atoms with van der Waals surface area (Å²) in [6, 6.07) is 6.72. The number of rotatable bonds is 10. The fourth-order valence-electron chi connectivity index (χ4n) is 2.90. The number of hydrogen-bond acceptors (Lipinski definition) is 7. The maximum Gasteiger partial charge on any atom is 0.318 e. The molecule has 170 valence electrons. The van der Waals surface area contributed by atoms with Crippen LogP contribution < -0.4 is 19.9 Å². The zero-order valence-corrected chi connectivity index (χ0v) is 18.6. The van der Waals surface area contributed by atoms with E-state index in [9.17, 15) is 13.6 Å². The number of nitrogens with one attached hydrogen (secondary N) is 1. The monoisotopic (exact) mass is 477 g/mol. The molecule has 3 rings (SSSR count). The summed E-state index contributed by atoms with van der Waals surface area (Å²) in [4.78, 5) is 15.2. The molecule has 1 aliphatic heterocycles. The van der Waals surface area contributed by atoms with Crippen molar-refractivity contribution in [1.29, 1.82) is 0 Å². The summed E-state index contributed by atoms with van der Waals surface area (Å²) >= 11 is 5.88. The summed E-state index contributed by atoms with van der Waals surface area (Å²) in [6.07, 6.45) is 0.466. The van der Waals surface area contributed by atoms with Crippen molar-refractivity contribution in [1.82, 2.24) is 14.6 Å². The first kappa shape index (κ1) is 23.8. The standard InChI is InChI=1S/C19H23ClF2N3O5P/c1-12(11-28-31(23-8-7-21)30-14-5-3-13(20)4-6-14)16-9-17(27-2)25-10-15(22)18(26)24-19(25)29-16/h3-6,10,12,16-17,23H,7-9,11H2,1-2H3. The average molecular weight is 478 g/mol. The molecule has 8 nitrogen and oxygen atoms in total. The van der Waals surface area contributed by atoms with Gasteiger partial charge in [-0.3, -0.25) is 9.36 Å². The predicted molar refractivity (Wildman–Crippen MR) is 112 cm³/mol. The van der Waals surface area contributed by atoms with Gasteiger partial charge in [0.15, 0.2) is 0 Å². The van der Waals surface area contributed by atoms with Crippen LogP contribution in [0.15, 0.2) is 35.3 Å². The number of halogens is 3. The molecule has 0 fully saturated rings. The van der Waals surface area contributed by atoms with E-state index < -0.39 is 38.9 Å². The lowest BCUT2D eigenvalue weighted by atomic mass is 10.0. The Morgan fingerprint density at radius 1 is 1.42 bits per heavy atom. The van der Waals surface area contributed by atoms with Gasteiger partial charge in [-0.2, -0.15) is 9.37 Å². The second kappa shape index (κ2) is 11.2. The molecule has 0 saturated carbocycles. The van der Waals surface area contributed by atoms with E-state index in [1.807, 2.05) is 6.92 Å². The molecule has 0 saturated heterocycles. The number of nitrogens with zero attached hydrogens (tertiary/aromatic N) is 2. The van der Waals surface area contributed by atoms with Crippen molar-refractivity contribution in [3.8, 4) is 11.8 Å². The van der Waals surface area contributed by atoms with E-state index in [1.54, 1.807) is 24.3 Å². The Kier molecular flexibility index (Phi) is 8.57. The number of aromatic nitrogens is 2. The van der Waals surface area contributed by atoms with Gasteiger partial charge >= 0.3 is 20.1 Å². The molecule has 0 aliphatic carbocycles. The molecule has 2 aromatic rings. The van der Waals surface area contributed by atoms with Gasteiger partial charge in [-0.05, 0) is 24.3 Å². The highest BCUT2D eigenvalue weighted by molar-refractivity contribution is 7.45. The minimum absolute atomic E-state index is 0.0171. The molecule has 31 heavy (non-hydrogen) atoms. The first-order valence-corrected chi connectivity index (χ1v) is 11.1. The van der Waals surface area contributed by atoms with E-state index in [-0.39, 0.29) is 25.1 Å². The predicted octanol–water partition coefficient (Wildman–Crippen LogP) is 3.85. The number of hydrogen-bond donors (Lipinski definition) is 1. The Labute approximate surface area is 184 Å². The number of alkyl halides is 1. The fraction of sp³-hybridized carbons (Fsp3) is 0.474. The molecule has 1 aromatic carbocycles. The lowest BCUT2D eigenvalue weighted by Gasteiger charge is -2.35. The van der Waals surface area contributed by atoms with Gasteiger partial charge in [0.1, 0.15) is 24.8 Å². The van der Waals surface area contributed by atoms with Crippen molar-refractivity contribution in [3.63, 3.8) is 0 Å². The van der Waals surface area contributed by atoms with Gasteiger partial charge < -0.3 is 18.5 Å². The molecule has 4 unspecified atom stereocenters. The topological polar surface area (TPSA) is 83.8 Å². The molecular weight excluding hydrogens is 455 g/mol. The Morgan fingerprint density at radius 2 is 2.16 bits per heavy atom. The first-order valence-electron chi connectivity index (χ1n) is 9.55. The van der Waals surface area contributed by atoms with Crippen molar-refractivity contribution >= 4 is 20.1 Å². The zero-order valence-electron chi connectivity index (χ0n) is 17.0.